The molecule has 2 N–H and O–H groups in total. The zero-order valence-electron chi connectivity index (χ0n) is 16.9. The lowest BCUT2D eigenvalue weighted by Crippen LogP contribution is -2.35. The molecule has 0 aliphatic carbocycles. The molecule has 1 fully saturated rings. The normalized spacial score (nSPS) is 17.2. The Hall–Kier alpha value is -3.32. The first-order chi connectivity index (χ1) is 14.7. The summed E-state index contributed by atoms with van der Waals surface area (Å²) in [4.78, 5) is 28.0. The SMILES string of the molecule is CN1CCC(C(=O)Nc2cnc3c(c2)C(c2ccc4ncncc4c2)=CCN3)CC1. The molecule has 2 aromatic heterocycles. The van der Waals surface area contributed by atoms with Crippen molar-refractivity contribution in [3.05, 3.63) is 60.2 Å². The predicted octanol–water partition coefficient (Wildman–Crippen LogP) is 3.16. The summed E-state index contributed by atoms with van der Waals surface area (Å²) in [6, 6.07) is 8.19. The molecule has 4 heterocycles. The second kappa shape index (κ2) is 7.84. The molecule has 1 amide bonds. The third-order valence-electron chi connectivity index (χ3n) is 5.93. The Morgan fingerprint density at radius 1 is 1.17 bits per heavy atom. The van der Waals surface area contributed by atoms with Crippen LogP contribution in [0.5, 0.6) is 0 Å². The van der Waals surface area contributed by atoms with Crippen molar-refractivity contribution >= 4 is 33.9 Å². The summed E-state index contributed by atoms with van der Waals surface area (Å²) in [6.07, 6.45) is 9.06. The van der Waals surface area contributed by atoms with Crippen LogP contribution in [-0.2, 0) is 4.79 Å². The number of anilines is 2. The number of benzene rings is 1. The Morgan fingerprint density at radius 3 is 2.90 bits per heavy atom. The van der Waals surface area contributed by atoms with E-state index in [9.17, 15) is 4.79 Å². The summed E-state index contributed by atoms with van der Waals surface area (Å²) >= 11 is 0. The minimum absolute atomic E-state index is 0.0610. The summed E-state index contributed by atoms with van der Waals surface area (Å²) in [5, 5.41) is 7.40. The van der Waals surface area contributed by atoms with Crippen molar-refractivity contribution < 1.29 is 4.79 Å². The molecule has 7 nitrogen and oxygen atoms in total. The van der Waals surface area contributed by atoms with Gasteiger partial charge in [-0.3, -0.25) is 4.79 Å². The summed E-state index contributed by atoms with van der Waals surface area (Å²) < 4.78 is 0. The van der Waals surface area contributed by atoms with Crippen molar-refractivity contribution in [2.75, 3.05) is 37.3 Å². The highest BCUT2D eigenvalue weighted by atomic mass is 16.1. The maximum absolute atomic E-state index is 12.7. The Morgan fingerprint density at radius 2 is 2.03 bits per heavy atom. The van der Waals surface area contributed by atoms with Crippen LogP contribution in [0.2, 0.25) is 0 Å². The molecule has 1 saturated heterocycles. The van der Waals surface area contributed by atoms with E-state index >= 15 is 0 Å². The zero-order chi connectivity index (χ0) is 20.5. The maximum Gasteiger partial charge on any atom is 0.227 e. The summed E-state index contributed by atoms with van der Waals surface area (Å²) in [7, 11) is 2.10. The van der Waals surface area contributed by atoms with Crippen LogP contribution in [0.4, 0.5) is 11.5 Å². The van der Waals surface area contributed by atoms with Gasteiger partial charge in [0, 0.05) is 29.6 Å². The van der Waals surface area contributed by atoms with E-state index in [1.807, 2.05) is 18.3 Å². The minimum Gasteiger partial charge on any atom is -0.366 e. The Balaban J connectivity index is 1.42. The second-order valence-electron chi connectivity index (χ2n) is 7.98. The van der Waals surface area contributed by atoms with Crippen molar-refractivity contribution in [1.82, 2.24) is 19.9 Å². The molecule has 5 rings (SSSR count). The van der Waals surface area contributed by atoms with Gasteiger partial charge in [-0.1, -0.05) is 12.1 Å². The maximum atomic E-state index is 12.7. The Bertz CT molecular complexity index is 1130. The van der Waals surface area contributed by atoms with Gasteiger partial charge in [0.1, 0.15) is 12.1 Å². The van der Waals surface area contributed by atoms with Crippen molar-refractivity contribution in [2.45, 2.75) is 12.8 Å². The molecular weight excluding hydrogens is 376 g/mol. The van der Waals surface area contributed by atoms with Gasteiger partial charge < -0.3 is 15.5 Å². The monoisotopic (exact) mass is 400 g/mol. The summed E-state index contributed by atoms with van der Waals surface area (Å²) in [5.41, 5.74) is 4.81. The van der Waals surface area contributed by atoms with Crippen LogP contribution in [0.1, 0.15) is 24.0 Å². The smallest absolute Gasteiger partial charge is 0.227 e. The number of nitrogens with zero attached hydrogens (tertiary/aromatic N) is 4. The number of hydrogen-bond acceptors (Lipinski definition) is 6. The number of piperidine rings is 1. The number of hydrogen-bond donors (Lipinski definition) is 2. The van der Waals surface area contributed by atoms with Gasteiger partial charge in [0.2, 0.25) is 5.91 Å². The first-order valence-electron chi connectivity index (χ1n) is 10.3. The number of carbonyl (C=O) groups excluding carboxylic acids is 1. The van der Waals surface area contributed by atoms with Crippen LogP contribution < -0.4 is 10.6 Å². The molecule has 152 valence electrons. The lowest BCUT2D eigenvalue weighted by Gasteiger charge is -2.28. The summed E-state index contributed by atoms with van der Waals surface area (Å²) in [6.45, 7) is 2.63. The molecule has 30 heavy (non-hydrogen) atoms. The van der Waals surface area contributed by atoms with Crippen molar-refractivity contribution in [3.8, 4) is 0 Å². The molecule has 0 saturated carbocycles. The van der Waals surface area contributed by atoms with Crippen LogP contribution in [0.3, 0.4) is 0 Å². The highest BCUT2D eigenvalue weighted by molar-refractivity contribution is 5.95. The fourth-order valence-corrected chi connectivity index (χ4v) is 4.18. The van der Waals surface area contributed by atoms with Crippen LogP contribution in [0, 0.1) is 5.92 Å². The second-order valence-corrected chi connectivity index (χ2v) is 7.98. The van der Waals surface area contributed by atoms with E-state index in [1.165, 1.54) is 0 Å². The quantitative estimate of drug-likeness (QED) is 0.703. The van der Waals surface area contributed by atoms with Crippen LogP contribution >= 0.6 is 0 Å². The average Bonchev–Trinajstić information content (AvgIpc) is 2.78. The van der Waals surface area contributed by atoms with Crippen LogP contribution in [0.15, 0.2) is 49.1 Å². The van der Waals surface area contributed by atoms with Gasteiger partial charge >= 0.3 is 0 Å². The van der Waals surface area contributed by atoms with E-state index in [2.05, 4.69) is 55.7 Å². The van der Waals surface area contributed by atoms with Gasteiger partial charge in [-0.15, -0.1) is 0 Å². The number of pyridine rings is 1. The van der Waals surface area contributed by atoms with Crippen molar-refractivity contribution in [1.29, 1.82) is 0 Å². The molecule has 2 aliphatic rings. The Labute approximate surface area is 175 Å². The highest BCUT2D eigenvalue weighted by Crippen LogP contribution is 2.34. The number of carbonyl (C=O) groups is 1. The molecule has 0 atom stereocenters. The number of amides is 1. The Kier molecular flexibility index (Phi) is 4.88. The average molecular weight is 400 g/mol. The number of likely N-dealkylation sites (tertiary alicyclic amines) is 1. The van der Waals surface area contributed by atoms with Gasteiger partial charge in [-0.2, -0.15) is 0 Å². The highest BCUT2D eigenvalue weighted by Gasteiger charge is 2.24. The van der Waals surface area contributed by atoms with E-state index in [4.69, 9.17) is 0 Å². The number of aromatic nitrogens is 3. The fourth-order valence-electron chi connectivity index (χ4n) is 4.18. The molecule has 0 radical (unpaired) electrons. The van der Waals surface area contributed by atoms with Crippen molar-refractivity contribution in [3.63, 3.8) is 0 Å². The molecule has 0 spiro atoms. The number of rotatable bonds is 3. The van der Waals surface area contributed by atoms with E-state index in [1.54, 1.807) is 12.5 Å². The molecular formula is C23H24N6O. The topological polar surface area (TPSA) is 83.0 Å². The first-order valence-corrected chi connectivity index (χ1v) is 10.3. The lowest BCUT2D eigenvalue weighted by atomic mass is 9.94. The molecule has 0 bridgehead atoms. The minimum atomic E-state index is 0.0610. The zero-order valence-corrected chi connectivity index (χ0v) is 16.9. The van der Waals surface area contributed by atoms with Gasteiger partial charge in [-0.05, 0) is 62.3 Å². The molecule has 2 aliphatic heterocycles. The predicted molar refractivity (Wildman–Crippen MR) is 118 cm³/mol. The van der Waals surface area contributed by atoms with Crippen LogP contribution in [0.25, 0.3) is 16.5 Å². The summed E-state index contributed by atoms with van der Waals surface area (Å²) in [5.74, 6) is 0.974. The van der Waals surface area contributed by atoms with Crippen molar-refractivity contribution in [2.24, 2.45) is 5.92 Å². The number of nitrogens with one attached hydrogen (secondary N) is 2. The van der Waals surface area contributed by atoms with E-state index in [0.717, 1.165) is 65.0 Å². The molecule has 1 aromatic carbocycles. The first kappa shape index (κ1) is 18.7. The van der Waals surface area contributed by atoms with Gasteiger partial charge in [0.05, 0.1) is 17.4 Å². The van der Waals surface area contributed by atoms with E-state index in [-0.39, 0.29) is 11.8 Å². The van der Waals surface area contributed by atoms with Gasteiger partial charge in [-0.25, -0.2) is 15.0 Å². The van der Waals surface area contributed by atoms with Gasteiger partial charge in [0.15, 0.2) is 0 Å². The lowest BCUT2D eigenvalue weighted by molar-refractivity contribution is -0.121. The van der Waals surface area contributed by atoms with Gasteiger partial charge in [0.25, 0.3) is 0 Å². The van der Waals surface area contributed by atoms with E-state index < -0.39 is 0 Å². The largest absolute Gasteiger partial charge is 0.366 e. The fraction of sp³-hybridized carbons (Fsp3) is 0.304. The third kappa shape index (κ3) is 3.64. The standard InChI is InChI=1S/C23H24N6O/c1-29-8-5-15(6-9-29)23(30)28-18-11-20-19(4-7-25-22(20)26-13-18)16-2-3-21-17(10-16)12-24-14-27-21/h2-4,10-15H,5-9H2,1H3,(H,25,26)(H,28,30). The number of fused-ring (bicyclic) bond motifs is 2. The molecule has 0 unspecified atom stereocenters. The van der Waals surface area contributed by atoms with E-state index in [0.29, 0.717) is 6.54 Å². The molecule has 7 heteroatoms. The van der Waals surface area contributed by atoms with Crippen LogP contribution in [-0.4, -0.2) is 52.4 Å². The molecule has 3 aromatic rings. The third-order valence-corrected chi connectivity index (χ3v) is 5.93.